The Morgan fingerprint density at radius 1 is 1.38 bits per heavy atom. The van der Waals surface area contributed by atoms with Crippen LogP contribution in [0.4, 0.5) is 4.79 Å². The van der Waals surface area contributed by atoms with Crippen molar-refractivity contribution in [3.8, 4) is 0 Å². The zero-order chi connectivity index (χ0) is 15.7. The van der Waals surface area contributed by atoms with Crippen LogP contribution in [0, 0.1) is 13.8 Å². The van der Waals surface area contributed by atoms with Gasteiger partial charge in [0.25, 0.3) is 11.1 Å². The Morgan fingerprint density at radius 3 is 2.57 bits per heavy atom. The van der Waals surface area contributed by atoms with Crippen molar-refractivity contribution in [2.75, 3.05) is 0 Å². The third kappa shape index (κ3) is 2.70. The van der Waals surface area contributed by atoms with Crippen molar-refractivity contribution in [1.82, 2.24) is 9.47 Å². The number of carbonyl (C=O) groups excluding carboxylic acids is 2. The first-order valence-corrected chi connectivity index (χ1v) is 7.78. The normalized spacial score (nSPS) is 18.7. The largest absolute Gasteiger partial charge is 0.349 e. The Hall–Kier alpha value is -1.75. The number of thioether (sulfide) groups is 1. The molecule has 0 N–H and O–H groups in total. The highest BCUT2D eigenvalue weighted by Gasteiger charge is 2.37. The Balaban J connectivity index is 2.37. The first-order chi connectivity index (χ1) is 9.90. The summed E-state index contributed by atoms with van der Waals surface area (Å²) < 4.78 is 2.18. The van der Waals surface area contributed by atoms with Crippen LogP contribution in [0.1, 0.15) is 30.8 Å². The van der Waals surface area contributed by atoms with E-state index in [9.17, 15) is 9.59 Å². The second-order valence-electron chi connectivity index (χ2n) is 5.10. The summed E-state index contributed by atoms with van der Waals surface area (Å²) in [6.45, 7) is 12.5. The Kier molecular flexibility index (Phi) is 4.42. The fraction of sp³-hybridized carbons (Fsp3) is 0.375. The smallest absolute Gasteiger partial charge is 0.294 e. The molecular formula is C16H20N2O2S. The highest BCUT2D eigenvalue weighted by molar-refractivity contribution is 8.18. The van der Waals surface area contributed by atoms with Crippen LogP contribution < -0.4 is 0 Å². The van der Waals surface area contributed by atoms with Gasteiger partial charge in [-0.2, -0.15) is 0 Å². The highest BCUT2D eigenvalue weighted by Crippen LogP contribution is 2.34. The average molecular weight is 304 g/mol. The zero-order valence-corrected chi connectivity index (χ0v) is 13.7. The lowest BCUT2D eigenvalue weighted by Gasteiger charge is -2.17. The van der Waals surface area contributed by atoms with E-state index in [0.717, 1.165) is 35.3 Å². The molecule has 0 spiro atoms. The molecule has 2 amide bonds. The summed E-state index contributed by atoms with van der Waals surface area (Å²) in [4.78, 5) is 26.1. The predicted molar refractivity (Wildman–Crippen MR) is 87.0 cm³/mol. The summed E-state index contributed by atoms with van der Waals surface area (Å²) in [5.74, 6) is -0.237. The summed E-state index contributed by atoms with van der Waals surface area (Å²) in [7, 11) is 0. The number of carbonyl (C=O) groups is 2. The minimum Gasteiger partial charge on any atom is -0.349 e. The van der Waals surface area contributed by atoms with Crippen LogP contribution in [-0.4, -0.2) is 26.7 Å². The second-order valence-corrected chi connectivity index (χ2v) is 6.09. The SMILES string of the molecule is C=C[C@H](C)N1C(=O)S/C(=C\c2cc(C)n(CC)c2C)C1=O. The average Bonchev–Trinajstić information content (AvgIpc) is 2.87. The number of aryl methyl sites for hydroxylation is 1. The van der Waals surface area contributed by atoms with Gasteiger partial charge in [-0.25, -0.2) is 0 Å². The third-order valence-electron chi connectivity index (χ3n) is 3.79. The minimum absolute atomic E-state index is 0.233. The van der Waals surface area contributed by atoms with Gasteiger partial charge in [-0.15, -0.1) is 6.58 Å². The van der Waals surface area contributed by atoms with E-state index in [0.29, 0.717) is 4.91 Å². The molecule has 1 aliphatic rings. The van der Waals surface area contributed by atoms with E-state index in [2.05, 4.69) is 18.1 Å². The lowest BCUT2D eigenvalue weighted by atomic mass is 10.2. The van der Waals surface area contributed by atoms with Crippen molar-refractivity contribution in [2.24, 2.45) is 0 Å². The number of hydrogen-bond donors (Lipinski definition) is 0. The van der Waals surface area contributed by atoms with Gasteiger partial charge in [0.15, 0.2) is 0 Å². The van der Waals surface area contributed by atoms with Crippen LogP contribution >= 0.6 is 11.8 Å². The van der Waals surface area contributed by atoms with Crippen molar-refractivity contribution in [3.05, 3.63) is 40.6 Å². The Morgan fingerprint density at radius 2 is 2.05 bits per heavy atom. The summed E-state index contributed by atoms with van der Waals surface area (Å²) in [6, 6.07) is 1.76. The van der Waals surface area contributed by atoms with Gasteiger partial charge >= 0.3 is 0 Å². The van der Waals surface area contributed by atoms with Crippen LogP contribution in [0.15, 0.2) is 23.6 Å². The van der Waals surface area contributed by atoms with Crippen molar-refractivity contribution >= 4 is 29.0 Å². The molecule has 1 aromatic rings. The molecule has 112 valence electrons. The molecule has 1 atom stereocenters. The molecule has 2 heterocycles. The van der Waals surface area contributed by atoms with Crippen LogP contribution in [0.5, 0.6) is 0 Å². The number of imide groups is 1. The van der Waals surface area contributed by atoms with Gasteiger partial charge in [-0.1, -0.05) is 6.08 Å². The Labute approximate surface area is 129 Å². The van der Waals surface area contributed by atoms with Crippen LogP contribution in [-0.2, 0) is 11.3 Å². The van der Waals surface area contributed by atoms with Crippen LogP contribution in [0.25, 0.3) is 6.08 Å². The molecule has 4 nitrogen and oxygen atoms in total. The first-order valence-electron chi connectivity index (χ1n) is 6.97. The summed E-state index contributed by atoms with van der Waals surface area (Å²) >= 11 is 0.993. The van der Waals surface area contributed by atoms with E-state index in [4.69, 9.17) is 0 Å². The monoisotopic (exact) mass is 304 g/mol. The fourth-order valence-corrected chi connectivity index (χ4v) is 3.45. The van der Waals surface area contributed by atoms with Gasteiger partial charge < -0.3 is 4.57 Å². The third-order valence-corrected chi connectivity index (χ3v) is 4.67. The molecule has 0 aromatic carbocycles. The first kappa shape index (κ1) is 15.6. The molecule has 0 radical (unpaired) electrons. The lowest BCUT2D eigenvalue weighted by Crippen LogP contribution is -2.35. The fourth-order valence-electron chi connectivity index (χ4n) is 2.54. The van der Waals surface area contributed by atoms with E-state index >= 15 is 0 Å². The van der Waals surface area contributed by atoms with Crippen molar-refractivity contribution in [3.63, 3.8) is 0 Å². The van der Waals surface area contributed by atoms with Gasteiger partial charge in [0.2, 0.25) is 0 Å². The van der Waals surface area contributed by atoms with Gasteiger partial charge in [-0.3, -0.25) is 14.5 Å². The molecule has 1 aromatic heterocycles. The van der Waals surface area contributed by atoms with Crippen molar-refractivity contribution in [1.29, 1.82) is 0 Å². The maximum absolute atomic E-state index is 12.4. The van der Waals surface area contributed by atoms with Gasteiger partial charge in [0.1, 0.15) is 0 Å². The van der Waals surface area contributed by atoms with E-state index < -0.39 is 0 Å². The maximum atomic E-state index is 12.4. The summed E-state index contributed by atoms with van der Waals surface area (Å²) in [5, 5.41) is -0.233. The van der Waals surface area contributed by atoms with Gasteiger partial charge in [0.05, 0.1) is 10.9 Å². The molecule has 0 aliphatic carbocycles. The second kappa shape index (κ2) is 5.93. The van der Waals surface area contributed by atoms with Crippen molar-refractivity contribution < 1.29 is 9.59 Å². The zero-order valence-electron chi connectivity index (χ0n) is 12.8. The van der Waals surface area contributed by atoms with E-state index in [1.807, 2.05) is 26.0 Å². The molecule has 21 heavy (non-hydrogen) atoms. The molecule has 0 saturated carbocycles. The molecule has 0 bridgehead atoms. The summed E-state index contributed by atoms with van der Waals surface area (Å²) in [6.07, 6.45) is 3.41. The van der Waals surface area contributed by atoms with Crippen molar-refractivity contribution in [2.45, 2.75) is 40.3 Å². The maximum Gasteiger partial charge on any atom is 0.294 e. The lowest BCUT2D eigenvalue weighted by molar-refractivity contribution is -0.123. The highest BCUT2D eigenvalue weighted by atomic mass is 32.2. The number of nitrogens with zero attached hydrogens (tertiary/aromatic N) is 2. The molecule has 5 heteroatoms. The summed E-state index contributed by atoms with van der Waals surface area (Å²) in [5.41, 5.74) is 3.25. The van der Waals surface area contributed by atoms with Crippen LogP contribution in [0.2, 0.25) is 0 Å². The molecule has 2 rings (SSSR count). The molecule has 1 fully saturated rings. The quantitative estimate of drug-likeness (QED) is 0.628. The molecule has 1 saturated heterocycles. The minimum atomic E-state index is -0.286. The van der Waals surface area contributed by atoms with Crippen LogP contribution in [0.3, 0.4) is 0 Å². The van der Waals surface area contributed by atoms with E-state index in [1.165, 1.54) is 4.90 Å². The molecular weight excluding hydrogens is 284 g/mol. The topological polar surface area (TPSA) is 42.3 Å². The number of aromatic nitrogens is 1. The standard InChI is InChI=1S/C16H20N2O2S/c1-6-10(3)18-15(19)14(21-16(18)20)9-13-8-11(4)17(7-2)12(13)5/h6,8-10H,1,7H2,2-5H3/b14-9-/t10-/m0/s1. The van der Waals surface area contributed by atoms with Gasteiger partial charge in [-0.05, 0) is 57.2 Å². The molecule has 1 aliphatic heterocycles. The van der Waals surface area contributed by atoms with E-state index in [1.54, 1.807) is 13.0 Å². The predicted octanol–water partition coefficient (Wildman–Crippen LogP) is 3.74. The number of hydrogen-bond acceptors (Lipinski definition) is 3. The molecule has 0 unspecified atom stereocenters. The number of rotatable bonds is 4. The van der Waals surface area contributed by atoms with E-state index in [-0.39, 0.29) is 17.2 Å². The van der Waals surface area contributed by atoms with Gasteiger partial charge in [0, 0.05) is 17.9 Å². The Bertz CT molecular complexity index is 643. The number of amides is 2.